The summed E-state index contributed by atoms with van der Waals surface area (Å²) in [7, 11) is -4.16. The average Bonchev–Trinajstić information content (AvgIpc) is 3.13. The highest BCUT2D eigenvalue weighted by Gasteiger charge is 2.36. The average molecular weight is 394 g/mol. The maximum Gasteiger partial charge on any atom is 0.435 e. The maximum atomic E-state index is 14.2. The normalized spacial score (nSPS) is 16.4. The van der Waals surface area contributed by atoms with Crippen LogP contribution in [0, 0.1) is 11.6 Å². The van der Waals surface area contributed by atoms with Crippen LogP contribution in [-0.2, 0) is 16.0 Å². The zero-order chi connectivity index (χ0) is 19.3. The molecule has 0 unspecified atom stereocenters. The number of rotatable bonds is 3. The van der Waals surface area contributed by atoms with Gasteiger partial charge in [0.1, 0.15) is 16.5 Å². The Hall–Kier alpha value is -1.97. The smallest absolute Gasteiger partial charge is 0.261 e. The van der Waals surface area contributed by atoms with Gasteiger partial charge in [0.2, 0.25) is 0 Å². The number of benzene rings is 1. The predicted molar refractivity (Wildman–Crippen MR) is 83.2 cm³/mol. The second kappa shape index (κ2) is 6.33. The molecule has 1 heterocycles. The molecule has 4 nitrogen and oxygen atoms in total. The first kappa shape index (κ1) is 18.8. The second-order valence-corrected chi connectivity index (χ2v) is 8.29. The first-order valence-corrected chi connectivity index (χ1v) is 9.74. The summed E-state index contributed by atoms with van der Waals surface area (Å²) >= 11 is 0. The van der Waals surface area contributed by atoms with Crippen LogP contribution in [0.25, 0.3) is 11.3 Å². The molecule has 26 heavy (non-hydrogen) atoms. The molecular weight excluding hydrogens is 379 g/mol. The zero-order valence-corrected chi connectivity index (χ0v) is 14.5. The van der Waals surface area contributed by atoms with Crippen molar-refractivity contribution in [1.82, 2.24) is 9.78 Å². The highest BCUT2D eigenvalue weighted by molar-refractivity contribution is 7.90. The Bertz CT molecular complexity index is 921. The van der Waals surface area contributed by atoms with Crippen LogP contribution in [-0.4, -0.2) is 24.5 Å². The molecule has 10 heteroatoms. The summed E-state index contributed by atoms with van der Waals surface area (Å²) in [6.07, 6.45) is -1.19. The van der Waals surface area contributed by atoms with Crippen LogP contribution in [0.5, 0.6) is 0 Å². The highest BCUT2D eigenvalue weighted by atomic mass is 32.2. The summed E-state index contributed by atoms with van der Waals surface area (Å²) in [4.78, 5) is -1.11. The molecule has 2 aromatic rings. The van der Waals surface area contributed by atoms with Gasteiger partial charge in [-0.2, -0.15) is 18.3 Å². The third kappa shape index (κ3) is 3.46. The lowest BCUT2D eigenvalue weighted by Crippen LogP contribution is -2.12. The van der Waals surface area contributed by atoms with Crippen molar-refractivity contribution in [1.29, 1.82) is 0 Å². The van der Waals surface area contributed by atoms with E-state index in [0.717, 1.165) is 35.7 Å². The molecule has 1 saturated carbocycles. The summed E-state index contributed by atoms with van der Waals surface area (Å²) in [5.74, 6) is -2.70. The summed E-state index contributed by atoms with van der Waals surface area (Å²) in [5.41, 5.74) is -1.45. The summed E-state index contributed by atoms with van der Waals surface area (Å²) in [6, 6.07) is 1.87. The Morgan fingerprint density at radius 1 is 1.08 bits per heavy atom. The monoisotopic (exact) mass is 394 g/mol. The van der Waals surface area contributed by atoms with Crippen molar-refractivity contribution in [3.8, 4) is 11.3 Å². The molecule has 0 aliphatic heterocycles. The number of aromatic nitrogens is 2. The van der Waals surface area contributed by atoms with Crippen molar-refractivity contribution in [2.24, 2.45) is 0 Å². The van der Waals surface area contributed by atoms with Gasteiger partial charge in [0, 0.05) is 11.8 Å². The van der Waals surface area contributed by atoms with Crippen LogP contribution in [0.4, 0.5) is 22.0 Å². The van der Waals surface area contributed by atoms with E-state index in [2.05, 4.69) is 5.10 Å². The van der Waals surface area contributed by atoms with Gasteiger partial charge in [-0.15, -0.1) is 0 Å². The highest BCUT2D eigenvalue weighted by Crippen LogP contribution is 2.38. The van der Waals surface area contributed by atoms with Gasteiger partial charge in [-0.25, -0.2) is 17.2 Å². The lowest BCUT2D eigenvalue weighted by Gasteiger charge is -2.15. The van der Waals surface area contributed by atoms with E-state index in [4.69, 9.17) is 0 Å². The predicted octanol–water partition coefficient (Wildman–Crippen LogP) is 4.37. The van der Waals surface area contributed by atoms with Crippen molar-refractivity contribution >= 4 is 9.84 Å². The molecule has 0 N–H and O–H groups in total. The minimum Gasteiger partial charge on any atom is -0.261 e. The van der Waals surface area contributed by atoms with E-state index in [1.165, 1.54) is 0 Å². The minimum absolute atomic E-state index is 0.0953. The van der Waals surface area contributed by atoms with E-state index in [0.29, 0.717) is 19.1 Å². The Morgan fingerprint density at radius 2 is 1.62 bits per heavy atom. The van der Waals surface area contributed by atoms with Crippen molar-refractivity contribution in [3.63, 3.8) is 0 Å². The van der Waals surface area contributed by atoms with Gasteiger partial charge in [-0.1, -0.05) is 12.8 Å². The fourth-order valence-electron chi connectivity index (χ4n) is 3.24. The quantitative estimate of drug-likeness (QED) is 0.727. The van der Waals surface area contributed by atoms with Crippen molar-refractivity contribution in [2.75, 3.05) is 6.26 Å². The minimum atomic E-state index is -4.71. The zero-order valence-electron chi connectivity index (χ0n) is 13.6. The SMILES string of the molecule is CS(=O)(=O)c1c(F)cc(-c2cc(C(F)(F)F)nn2C2CCCC2)cc1F. The van der Waals surface area contributed by atoms with Gasteiger partial charge in [-0.05, 0) is 31.0 Å². The van der Waals surface area contributed by atoms with E-state index >= 15 is 0 Å². The van der Waals surface area contributed by atoms with Crippen LogP contribution in [0.1, 0.15) is 37.4 Å². The lowest BCUT2D eigenvalue weighted by molar-refractivity contribution is -0.141. The molecular formula is C16H15F5N2O2S. The fourth-order valence-corrected chi connectivity index (χ4v) is 4.06. The van der Waals surface area contributed by atoms with Crippen molar-refractivity contribution in [2.45, 2.75) is 42.8 Å². The summed E-state index contributed by atoms with van der Waals surface area (Å²) in [5, 5.41) is 3.60. The first-order valence-electron chi connectivity index (χ1n) is 7.84. The molecule has 0 radical (unpaired) electrons. The molecule has 1 fully saturated rings. The third-order valence-electron chi connectivity index (χ3n) is 4.36. The summed E-state index contributed by atoms with van der Waals surface area (Å²) < 4.78 is 91.6. The molecule has 0 saturated heterocycles. The van der Waals surface area contributed by atoms with Crippen LogP contribution < -0.4 is 0 Å². The van der Waals surface area contributed by atoms with Crippen molar-refractivity contribution in [3.05, 3.63) is 35.5 Å². The van der Waals surface area contributed by atoms with Crippen LogP contribution in [0.2, 0.25) is 0 Å². The Morgan fingerprint density at radius 3 is 2.08 bits per heavy atom. The van der Waals surface area contributed by atoms with E-state index in [1.54, 1.807) is 0 Å². The maximum absolute atomic E-state index is 14.2. The standard InChI is InChI=1S/C16H15F5N2O2S/c1-26(24,25)15-11(17)6-9(7-12(15)18)13-8-14(16(19,20)21)22-23(13)10-4-2-3-5-10/h6-8,10H,2-5H2,1H3. The number of hydrogen-bond donors (Lipinski definition) is 0. The second-order valence-electron chi connectivity index (χ2n) is 6.34. The Kier molecular flexibility index (Phi) is 4.58. The van der Waals surface area contributed by atoms with E-state index in [1.807, 2.05) is 0 Å². The van der Waals surface area contributed by atoms with Crippen molar-refractivity contribution < 1.29 is 30.4 Å². The molecule has 0 bridgehead atoms. The molecule has 1 aromatic heterocycles. The largest absolute Gasteiger partial charge is 0.435 e. The van der Waals surface area contributed by atoms with Gasteiger partial charge in [-0.3, -0.25) is 4.68 Å². The molecule has 142 valence electrons. The van der Waals surface area contributed by atoms with Gasteiger partial charge in [0.15, 0.2) is 15.5 Å². The molecule has 0 atom stereocenters. The molecule has 1 aliphatic carbocycles. The van der Waals surface area contributed by atoms with Crippen LogP contribution in [0.15, 0.2) is 23.1 Å². The first-order chi connectivity index (χ1) is 12.0. The molecule has 1 aromatic carbocycles. The van der Waals surface area contributed by atoms with Crippen LogP contribution in [0.3, 0.4) is 0 Å². The van der Waals surface area contributed by atoms with Gasteiger partial charge in [0.05, 0.1) is 11.7 Å². The third-order valence-corrected chi connectivity index (χ3v) is 5.49. The number of halogens is 5. The van der Waals surface area contributed by atoms with Gasteiger partial charge in [0.25, 0.3) is 0 Å². The number of sulfone groups is 1. The van der Waals surface area contributed by atoms with E-state index < -0.39 is 38.2 Å². The van der Waals surface area contributed by atoms with Gasteiger partial charge < -0.3 is 0 Å². The number of alkyl halides is 3. The fraction of sp³-hybridized carbons (Fsp3) is 0.438. The molecule has 1 aliphatic rings. The number of hydrogen-bond acceptors (Lipinski definition) is 3. The molecule has 0 spiro atoms. The number of nitrogens with zero attached hydrogens (tertiary/aromatic N) is 2. The summed E-state index contributed by atoms with van der Waals surface area (Å²) in [6.45, 7) is 0. The van der Waals surface area contributed by atoms with Crippen LogP contribution >= 0.6 is 0 Å². The molecule has 3 rings (SSSR count). The van der Waals surface area contributed by atoms with E-state index in [-0.39, 0.29) is 17.3 Å². The van der Waals surface area contributed by atoms with Gasteiger partial charge >= 0.3 is 6.18 Å². The van der Waals surface area contributed by atoms with E-state index in [9.17, 15) is 30.4 Å². The lowest BCUT2D eigenvalue weighted by atomic mass is 10.1. The molecule has 0 amide bonds. The Balaban J connectivity index is 2.18. The Labute approximate surface area is 146 Å². The topological polar surface area (TPSA) is 52.0 Å².